The topological polar surface area (TPSA) is 26.3 Å². The monoisotopic (exact) mass is 294 g/mol. The van der Waals surface area contributed by atoms with Crippen molar-refractivity contribution in [2.24, 2.45) is 41.4 Å². The molecule has 0 heterocycles. The van der Waals surface area contributed by atoms with E-state index in [-0.39, 0.29) is 11.9 Å². The van der Waals surface area contributed by atoms with Gasteiger partial charge in [0.1, 0.15) is 5.75 Å². The van der Waals surface area contributed by atoms with E-state index in [1.54, 1.807) is 0 Å². The van der Waals surface area contributed by atoms with Crippen LogP contribution >= 0.6 is 0 Å². The fraction of sp³-hybridized carbons (Fsp3) is 0.550. The largest absolute Gasteiger partial charge is 0.426 e. The van der Waals surface area contributed by atoms with E-state index in [4.69, 9.17) is 4.74 Å². The summed E-state index contributed by atoms with van der Waals surface area (Å²) in [6, 6.07) is 7.81. The van der Waals surface area contributed by atoms with Gasteiger partial charge in [0.05, 0.1) is 5.92 Å². The maximum absolute atomic E-state index is 12.6. The minimum atomic E-state index is 0.0153. The molecule has 1 aromatic rings. The highest BCUT2D eigenvalue weighted by Gasteiger charge is 2.62. The molecule has 4 aliphatic carbocycles. The first-order chi connectivity index (χ1) is 10.7. The number of hydrogen-bond acceptors (Lipinski definition) is 2. The molecular weight excluding hydrogens is 272 g/mol. The van der Waals surface area contributed by atoms with Crippen LogP contribution in [0.3, 0.4) is 0 Å². The van der Waals surface area contributed by atoms with Crippen molar-refractivity contribution in [2.45, 2.75) is 26.2 Å². The summed E-state index contributed by atoms with van der Waals surface area (Å²) in [5.41, 5.74) is 1.19. The number of benzene rings is 1. The van der Waals surface area contributed by atoms with Gasteiger partial charge in [-0.3, -0.25) is 4.79 Å². The molecule has 0 aromatic heterocycles. The molecule has 0 spiro atoms. The van der Waals surface area contributed by atoms with Crippen LogP contribution < -0.4 is 4.74 Å². The van der Waals surface area contributed by atoms with Gasteiger partial charge in [0.25, 0.3) is 0 Å². The van der Waals surface area contributed by atoms with Crippen molar-refractivity contribution >= 4 is 5.97 Å². The standard InChI is InChI=1S/C20H22O2/c1-11-2-6-15(7-3-11)22-20(21)17-10-14-9-16(17)19-13-5-4-12(8-13)18(14)19/h2-7,12-14,16-19H,8-10H2,1H3. The molecular formula is C20H22O2. The lowest BCUT2D eigenvalue weighted by molar-refractivity contribution is -0.142. The van der Waals surface area contributed by atoms with Gasteiger partial charge in [-0.1, -0.05) is 29.8 Å². The minimum absolute atomic E-state index is 0.0153. The fourth-order valence-corrected chi connectivity index (χ4v) is 6.09. The summed E-state index contributed by atoms with van der Waals surface area (Å²) in [4.78, 5) is 12.6. The lowest BCUT2D eigenvalue weighted by atomic mass is 9.69. The summed E-state index contributed by atoms with van der Waals surface area (Å²) in [5, 5.41) is 0. The van der Waals surface area contributed by atoms with E-state index in [0.717, 1.165) is 36.0 Å². The fourth-order valence-electron chi connectivity index (χ4n) is 6.09. The van der Waals surface area contributed by atoms with Gasteiger partial charge in [0, 0.05) is 0 Å². The van der Waals surface area contributed by atoms with Crippen molar-refractivity contribution in [3.63, 3.8) is 0 Å². The summed E-state index contributed by atoms with van der Waals surface area (Å²) in [7, 11) is 0. The van der Waals surface area contributed by atoms with Crippen LogP contribution in [0.2, 0.25) is 0 Å². The van der Waals surface area contributed by atoms with E-state index in [1.807, 2.05) is 31.2 Å². The van der Waals surface area contributed by atoms with Gasteiger partial charge in [0.15, 0.2) is 0 Å². The Morgan fingerprint density at radius 2 is 1.73 bits per heavy atom. The summed E-state index contributed by atoms with van der Waals surface area (Å²) in [6.07, 6.45) is 8.55. The lowest BCUT2D eigenvalue weighted by Gasteiger charge is -2.35. The van der Waals surface area contributed by atoms with Crippen LogP contribution in [0.4, 0.5) is 0 Å². The van der Waals surface area contributed by atoms with Crippen LogP contribution in [0.1, 0.15) is 24.8 Å². The highest BCUT2D eigenvalue weighted by Crippen LogP contribution is 2.67. The number of ether oxygens (including phenoxy) is 1. The highest BCUT2D eigenvalue weighted by molar-refractivity contribution is 5.76. The molecule has 4 bridgehead atoms. The SMILES string of the molecule is Cc1ccc(OC(=O)C2CC3CC2C2C4C=CC(C4)C32)cc1. The van der Waals surface area contributed by atoms with Crippen LogP contribution in [-0.4, -0.2) is 5.97 Å². The Kier molecular flexibility index (Phi) is 2.62. The van der Waals surface area contributed by atoms with Gasteiger partial charge < -0.3 is 4.74 Å². The molecule has 3 saturated carbocycles. The van der Waals surface area contributed by atoms with Crippen molar-refractivity contribution in [1.29, 1.82) is 0 Å². The van der Waals surface area contributed by atoms with E-state index in [2.05, 4.69) is 12.2 Å². The molecule has 114 valence electrons. The molecule has 0 aliphatic heterocycles. The molecule has 3 fully saturated rings. The van der Waals surface area contributed by atoms with Crippen molar-refractivity contribution in [3.8, 4) is 5.75 Å². The van der Waals surface area contributed by atoms with E-state index in [0.29, 0.717) is 11.7 Å². The molecule has 4 aliphatic rings. The van der Waals surface area contributed by atoms with Gasteiger partial charge in [-0.15, -0.1) is 0 Å². The second-order valence-corrected chi connectivity index (χ2v) is 7.84. The summed E-state index contributed by atoms with van der Waals surface area (Å²) >= 11 is 0. The van der Waals surface area contributed by atoms with Crippen LogP contribution in [0.25, 0.3) is 0 Å². The second kappa shape index (κ2) is 4.47. The van der Waals surface area contributed by atoms with Crippen molar-refractivity contribution in [1.82, 2.24) is 0 Å². The Balaban J connectivity index is 1.34. The summed E-state index contributed by atoms with van der Waals surface area (Å²) in [6.45, 7) is 2.05. The number of allylic oxidation sites excluding steroid dienone is 2. The second-order valence-electron chi connectivity index (χ2n) is 7.84. The van der Waals surface area contributed by atoms with E-state index in [1.165, 1.54) is 18.4 Å². The minimum Gasteiger partial charge on any atom is -0.426 e. The number of carbonyl (C=O) groups is 1. The molecule has 0 radical (unpaired) electrons. The Bertz CT molecular complexity index is 644. The predicted octanol–water partition coefficient (Wildman–Crippen LogP) is 3.99. The number of carbonyl (C=O) groups excluding carboxylic acids is 1. The zero-order valence-electron chi connectivity index (χ0n) is 12.9. The number of esters is 1. The van der Waals surface area contributed by atoms with E-state index < -0.39 is 0 Å². The van der Waals surface area contributed by atoms with Crippen molar-refractivity contribution in [2.75, 3.05) is 0 Å². The van der Waals surface area contributed by atoms with Gasteiger partial charge in [-0.25, -0.2) is 0 Å². The Morgan fingerprint density at radius 1 is 1.00 bits per heavy atom. The molecule has 2 heteroatoms. The smallest absolute Gasteiger partial charge is 0.314 e. The van der Waals surface area contributed by atoms with Gasteiger partial charge in [-0.2, -0.15) is 0 Å². The molecule has 5 rings (SSSR count). The number of fused-ring (bicyclic) bond motifs is 9. The normalized spacial score (nSPS) is 43.6. The van der Waals surface area contributed by atoms with Crippen LogP contribution in [0.5, 0.6) is 5.75 Å². The van der Waals surface area contributed by atoms with E-state index >= 15 is 0 Å². The maximum atomic E-state index is 12.6. The molecule has 0 saturated heterocycles. The number of hydrogen-bond donors (Lipinski definition) is 0. The predicted molar refractivity (Wildman–Crippen MR) is 84.2 cm³/mol. The molecule has 0 N–H and O–H groups in total. The first-order valence-corrected chi connectivity index (χ1v) is 8.67. The third kappa shape index (κ3) is 1.70. The zero-order chi connectivity index (χ0) is 14.8. The average molecular weight is 294 g/mol. The maximum Gasteiger partial charge on any atom is 0.314 e. The van der Waals surface area contributed by atoms with Crippen LogP contribution in [-0.2, 0) is 4.79 Å². The zero-order valence-corrected chi connectivity index (χ0v) is 12.9. The molecule has 2 nitrogen and oxygen atoms in total. The van der Waals surface area contributed by atoms with Crippen molar-refractivity contribution < 1.29 is 9.53 Å². The molecule has 7 atom stereocenters. The quantitative estimate of drug-likeness (QED) is 0.357. The number of aryl methyl sites for hydroxylation is 1. The first-order valence-electron chi connectivity index (χ1n) is 8.67. The Labute approximate surface area is 131 Å². The number of rotatable bonds is 2. The third-order valence-corrected chi connectivity index (χ3v) is 6.81. The van der Waals surface area contributed by atoms with Gasteiger partial charge in [-0.05, 0) is 73.8 Å². The first kappa shape index (κ1) is 12.9. The third-order valence-electron chi connectivity index (χ3n) is 6.81. The van der Waals surface area contributed by atoms with Crippen molar-refractivity contribution in [3.05, 3.63) is 42.0 Å². The highest BCUT2D eigenvalue weighted by atomic mass is 16.5. The van der Waals surface area contributed by atoms with Gasteiger partial charge in [0.2, 0.25) is 0 Å². The molecule has 0 amide bonds. The Morgan fingerprint density at radius 3 is 2.50 bits per heavy atom. The van der Waals surface area contributed by atoms with Crippen LogP contribution in [0, 0.1) is 48.3 Å². The molecule has 22 heavy (non-hydrogen) atoms. The molecule has 7 unspecified atom stereocenters. The molecule has 1 aromatic carbocycles. The summed E-state index contributed by atoms with van der Waals surface area (Å²) in [5.74, 6) is 5.41. The lowest BCUT2D eigenvalue weighted by Crippen LogP contribution is -2.36. The van der Waals surface area contributed by atoms with Crippen LogP contribution in [0.15, 0.2) is 36.4 Å². The van der Waals surface area contributed by atoms with E-state index in [9.17, 15) is 4.79 Å². The summed E-state index contributed by atoms with van der Waals surface area (Å²) < 4.78 is 5.68. The van der Waals surface area contributed by atoms with Gasteiger partial charge >= 0.3 is 5.97 Å². The Hall–Kier alpha value is -1.57. The average Bonchev–Trinajstić information content (AvgIpc) is 3.27.